The predicted molar refractivity (Wildman–Crippen MR) is 98.9 cm³/mol. The molecule has 0 saturated heterocycles. The van der Waals surface area contributed by atoms with Crippen molar-refractivity contribution >= 4 is 0 Å². The van der Waals surface area contributed by atoms with Crippen LogP contribution in [0.2, 0.25) is 0 Å². The minimum atomic E-state index is 0.547. The summed E-state index contributed by atoms with van der Waals surface area (Å²) in [5, 5.41) is 0. The van der Waals surface area contributed by atoms with Gasteiger partial charge in [-0.15, -0.1) is 0 Å². The SMILES string of the molecule is C=C1C(CC(C)(CCC)CCC)CC2CC(C)C(C)C(C)C12. The zero-order valence-electron chi connectivity index (χ0n) is 16.1. The number of allylic oxidation sites excluding steroid dienone is 1. The van der Waals surface area contributed by atoms with E-state index in [9.17, 15) is 0 Å². The van der Waals surface area contributed by atoms with Gasteiger partial charge in [-0.3, -0.25) is 0 Å². The molecule has 2 aliphatic rings. The average Bonchev–Trinajstić information content (AvgIpc) is 2.73. The smallest absolute Gasteiger partial charge is 0.0146 e. The van der Waals surface area contributed by atoms with Crippen LogP contribution in [0.15, 0.2) is 12.2 Å². The van der Waals surface area contributed by atoms with Crippen LogP contribution in [-0.2, 0) is 0 Å². The first-order valence-corrected chi connectivity index (χ1v) is 10.0. The van der Waals surface area contributed by atoms with Crippen LogP contribution in [0.25, 0.3) is 0 Å². The van der Waals surface area contributed by atoms with Crippen molar-refractivity contribution < 1.29 is 0 Å². The molecule has 0 amide bonds. The summed E-state index contributed by atoms with van der Waals surface area (Å²) in [7, 11) is 0. The zero-order chi connectivity index (χ0) is 16.5. The highest BCUT2D eigenvalue weighted by atomic mass is 14.5. The molecule has 0 N–H and O–H groups in total. The van der Waals surface area contributed by atoms with Crippen molar-refractivity contribution in [2.45, 2.75) is 86.5 Å². The Hall–Kier alpha value is -0.260. The van der Waals surface area contributed by atoms with E-state index >= 15 is 0 Å². The van der Waals surface area contributed by atoms with Crippen LogP contribution in [0.5, 0.6) is 0 Å². The molecule has 6 unspecified atom stereocenters. The molecule has 0 aromatic heterocycles. The van der Waals surface area contributed by atoms with Crippen LogP contribution >= 0.6 is 0 Å². The van der Waals surface area contributed by atoms with E-state index in [1.165, 1.54) is 44.9 Å². The maximum absolute atomic E-state index is 4.63. The first-order chi connectivity index (χ1) is 10.3. The van der Waals surface area contributed by atoms with Gasteiger partial charge in [0, 0.05) is 0 Å². The first-order valence-electron chi connectivity index (χ1n) is 10.0. The fraction of sp³-hybridized carbons (Fsp3) is 0.909. The predicted octanol–water partition coefficient (Wildman–Crippen LogP) is 7.10. The normalized spacial score (nSPS) is 39.1. The third kappa shape index (κ3) is 3.46. The lowest BCUT2D eigenvalue weighted by Gasteiger charge is -2.41. The Morgan fingerprint density at radius 1 is 1.00 bits per heavy atom. The Morgan fingerprint density at radius 3 is 2.14 bits per heavy atom. The summed E-state index contributed by atoms with van der Waals surface area (Å²) < 4.78 is 0. The molecule has 2 rings (SSSR count). The van der Waals surface area contributed by atoms with Gasteiger partial charge in [-0.25, -0.2) is 0 Å². The molecule has 0 aliphatic heterocycles. The van der Waals surface area contributed by atoms with E-state index in [2.05, 4.69) is 48.1 Å². The van der Waals surface area contributed by atoms with Gasteiger partial charge in [0.25, 0.3) is 0 Å². The molecule has 0 nitrogen and oxygen atoms in total. The molecule has 0 bridgehead atoms. The summed E-state index contributed by atoms with van der Waals surface area (Å²) in [5.41, 5.74) is 2.18. The van der Waals surface area contributed by atoms with Crippen LogP contribution in [-0.4, -0.2) is 0 Å². The monoisotopic (exact) mass is 304 g/mol. The fourth-order valence-electron chi connectivity index (χ4n) is 6.13. The van der Waals surface area contributed by atoms with Crippen molar-refractivity contribution in [1.82, 2.24) is 0 Å². The van der Waals surface area contributed by atoms with Gasteiger partial charge in [0.2, 0.25) is 0 Å². The molecule has 0 heterocycles. The maximum atomic E-state index is 4.63. The third-order valence-corrected chi connectivity index (χ3v) is 7.46. The minimum absolute atomic E-state index is 0.547. The van der Waals surface area contributed by atoms with Gasteiger partial charge in [-0.05, 0) is 73.0 Å². The van der Waals surface area contributed by atoms with Crippen molar-refractivity contribution in [3.63, 3.8) is 0 Å². The standard InChI is InChI=1S/C22H40/c1-8-10-22(7,11-9-2)14-20-13-19-12-15(3)16(4)17(5)21(19)18(20)6/h15-17,19-21H,6,8-14H2,1-5,7H3. The van der Waals surface area contributed by atoms with E-state index in [0.717, 1.165) is 35.5 Å². The molecule has 0 aromatic carbocycles. The van der Waals surface area contributed by atoms with Gasteiger partial charge in [0.05, 0.1) is 0 Å². The Morgan fingerprint density at radius 2 is 1.59 bits per heavy atom. The average molecular weight is 305 g/mol. The van der Waals surface area contributed by atoms with Crippen molar-refractivity contribution in [2.24, 2.45) is 40.9 Å². The highest BCUT2D eigenvalue weighted by molar-refractivity contribution is 5.18. The number of fused-ring (bicyclic) bond motifs is 1. The number of rotatable bonds is 6. The second-order valence-electron chi connectivity index (χ2n) is 9.24. The summed E-state index contributed by atoms with van der Waals surface area (Å²) in [6.07, 6.45) is 9.72. The summed E-state index contributed by atoms with van der Waals surface area (Å²) in [5.74, 6) is 5.18. The Labute approximate surface area is 140 Å². The molecular formula is C22H40. The molecule has 2 aliphatic carbocycles. The highest BCUT2D eigenvalue weighted by Crippen LogP contribution is 2.56. The molecule has 0 spiro atoms. The summed E-state index contributed by atoms with van der Waals surface area (Å²) in [4.78, 5) is 0. The van der Waals surface area contributed by atoms with E-state index < -0.39 is 0 Å². The quantitative estimate of drug-likeness (QED) is 0.459. The molecule has 0 aromatic rings. The van der Waals surface area contributed by atoms with Gasteiger partial charge in [-0.1, -0.05) is 66.5 Å². The number of hydrogen-bond donors (Lipinski definition) is 0. The van der Waals surface area contributed by atoms with Crippen LogP contribution < -0.4 is 0 Å². The summed E-state index contributed by atoms with van der Waals surface area (Å²) in [6.45, 7) is 19.3. The van der Waals surface area contributed by atoms with Crippen molar-refractivity contribution in [2.75, 3.05) is 0 Å². The van der Waals surface area contributed by atoms with Gasteiger partial charge < -0.3 is 0 Å². The van der Waals surface area contributed by atoms with Gasteiger partial charge in [0.15, 0.2) is 0 Å². The lowest BCUT2D eigenvalue weighted by Crippen LogP contribution is -2.34. The number of hydrogen-bond acceptors (Lipinski definition) is 0. The third-order valence-electron chi connectivity index (χ3n) is 7.46. The molecule has 6 atom stereocenters. The Bertz CT molecular complexity index is 373. The molecule has 128 valence electrons. The van der Waals surface area contributed by atoms with Crippen molar-refractivity contribution in [3.05, 3.63) is 12.2 Å². The van der Waals surface area contributed by atoms with E-state index in [1.54, 1.807) is 5.57 Å². The molecular weight excluding hydrogens is 264 g/mol. The van der Waals surface area contributed by atoms with E-state index in [1.807, 2.05) is 0 Å². The summed E-state index contributed by atoms with van der Waals surface area (Å²) in [6, 6.07) is 0. The molecule has 0 radical (unpaired) electrons. The van der Waals surface area contributed by atoms with Gasteiger partial charge in [-0.2, -0.15) is 0 Å². The maximum Gasteiger partial charge on any atom is -0.0146 e. The van der Waals surface area contributed by atoms with Crippen LogP contribution in [0.4, 0.5) is 0 Å². The van der Waals surface area contributed by atoms with Gasteiger partial charge >= 0.3 is 0 Å². The molecule has 0 heteroatoms. The Balaban J connectivity index is 2.10. The second kappa shape index (κ2) is 7.10. The summed E-state index contributed by atoms with van der Waals surface area (Å²) >= 11 is 0. The minimum Gasteiger partial charge on any atom is -0.0993 e. The lowest BCUT2D eigenvalue weighted by molar-refractivity contribution is 0.101. The highest BCUT2D eigenvalue weighted by Gasteiger charge is 2.47. The van der Waals surface area contributed by atoms with Crippen molar-refractivity contribution in [1.29, 1.82) is 0 Å². The fourth-order valence-corrected chi connectivity index (χ4v) is 6.13. The van der Waals surface area contributed by atoms with E-state index in [-0.39, 0.29) is 0 Å². The molecule has 2 fully saturated rings. The van der Waals surface area contributed by atoms with E-state index in [0.29, 0.717) is 5.41 Å². The molecule has 2 saturated carbocycles. The lowest BCUT2D eigenvalue weighted by atomic mass is 9.64. The van der Waals surface area contributed by atoms with Crippen LogP contribution in [0, 0.1) is 40.9 Å². The second-order valence-corrected chi connectivity index (χ2v) is 9.24. The molecule has 22 heavy (non-hydrogen) atoms. The largest absolute Gasteiger partial charge is 0.0993 e. The van der Waals surface area contributed by atoms with Gasteiger partial charge in [0.1, 0.15) is 0 Å². The first kappa shape index (κ1) is 18.1. The topological polar surface area (TPSA) is 0 Å². The van der Waals surface area contributed by atoms with Crippen molar-refractivity contribution in [3.8, 4) is 0 Å². The zero-order valence-corrected chi connectivity index (χ0v) is 16.1. The van der Waals surface area contributed by atoms with Crippen LogP contribution in [0.1, 0.15) is 86.5 Å². The van der Waals surface area contributed by atoms with E-state index in [4.69, 9.17) is 0 Å². The van der Waals surface area contributed by atoms with Crippen LogP contribution in [0.3, 0.4) is 0 Å². The Kier molecular flexibility index (Phi) is 5.84.